The van der Waals surface area contributed by atoms with Gasteiger partial charge >= 0.3 is 11.9 Å². The van der Waals surface area contributed by atoms with E-state index in [4.69, 9.17) is 19.3 Å². The van der Waals surface area contributed by atoms with Crippen LogP contribution in [0.15, 0.2) is 6.20 Å². The van der Waals surface area contributed by atoms with Crippen molar-refractivity contribution >= 4 is 11.9 Å². The van der Waals surface area contributed by atoms with E-state index < -0.39 is 83.9 Å². The number of halogens is 5. The first-order chi connectivity index (χ1) is 19.4. The Bertz CT molecular complexity index is 1190. The molecule has 0 unspecified atom stereocenters. The summed E-state index contributed by atoms with van der Waals surface area (Å²) < 4.78 is 88.2. The molecule has 1 saturated heterocycles. The molecule has 5 atom stereocenters. The molecule has 18 heteroatoms. The first-order valence-electron chi connectivity index (χ1n) is 12.1. The van der Waals surface area contributed by atoms with Crippen LogP contribution in [0.1, 0.15) is 25.0 Å². The summed E-state index contributed by atoms with van der Waals surface area (Å²) in [6, 6.07) is 0. The topological polar surface area (TPSA) is 183 Å². The molecule has 0 amide bonds. The highest BCUT2D eigenvalue weighted by Gasteiger charge is 2.44. The van der Waals surface area contributed by atoms with Crippen molar-refractivity contribution in [1.29, 1.82) is 0 Å². The normalized spacial score (nSPS) is 22.6. The SMILES string of the molecule is O=C(O)CC[C@H]1O[C@H](OCCc2cn(CCOCCC(=O)Oc3c(F)c(F)c(F)c(F)c3F)nn2)[C@@H](O)[C@@H](O)[C@@H]1O. The number of carboxylic acid groups (broad SMARTS) is 1. The molecule has 1 aliphatic rings. The van der Waals surface area contributed by atoms with Crippen LogP contribution < -0.4 is 4.74 Å². The standard InChI is InChI=1S/C23H26F5N3O10/c24-14-15(25)17(27)22(18(28)16(14)26)41-13(34)4-6-38-8-5-31-9-10(29-30-31)3-7-39-23-21(37)20(36)19(35)11(40-23)1-2-12(32)33/h9,11,19-21,23,35-37H,1-8H2,(H,32,33)/t11-,19-,20+,21+,23+/m1/s1. The summed E-state index contributed by atoms with van der Waals surface area (Å²) in [5, 5.41) is 46.6. The minimum Gasteiger partial charge on any atom is -0.481 e. The zero-order valence-corrected chi connectivity index (χ0v) is 21.1. The van der Waals surface area contributed by atoms with Crippen molar-refractivity contribution in [2.75, 3.05) is 19.8 Å². The van der Waals surface area contributed by atoms with Crippen LogP contribution in [-0.2, 0) is 36.8 Å². The summed E-state index contributed by atoms with van der Waals surface area (Å²) >= 11 is 0. The van der Waals surface area contributed by atoms with E-state index >= 15 is 0 Å². The van der Waals surface area contributed by atoms with Gasteiger partial charge in [-0.2, -0.15) is 8.78 Å². The predicted octanol–water partition coefficient (Wildman–Crippen LogP) is 0.217. The minimum atomic E-state index is -2.38. The smallest absolute Gasteiger partial charge is 0.313 e. The number of hydrogen-bond acceptors (Lipinski definition) is 11. The zero-order chi connectivity index (χ0) is 30.3. The largest absolute Gasteiger partial charge is 0.481 e. The molecule has 2 aromatic rings. The number of nitrogens with zero attached hydrogens (tertiary/aromatic N) is 3. The molecule has 41 heavy (non-hydrogen) atoms. The van der Waals surface area contributed by atoms with Crippen molar-refractivity contribution in [2.45, 2.75) is 62.9 Å². The zero-order valence-electron chi connectivity index (χ0n) is 21.1. The number of esters is 1. The number of carboxylic acids is 1. The van der Waals surface area contributed by atoms with Gasteiger partial charge in [0.15, 0.2) is 6.29 Å². The van der Waals surface area contributed by atoms with E-state index in [1.807, 2.05) is 0 Å². The molecule has 1 aliphatic heterocycles. The average molecular weight is 599 g/mol. The van der Waals surface area contributed by atoms with Gasteiger partial charge in [-0.3, -0.25) is 9.59 Å². The number of aromatic nitrogens is 3. The fourth-order valence-corrected chi connectivity index (χ4v) is 3.66. The number of aliphatic carboxylic acids is 1. The maximum absolute atomic E-state index is 13.6. The summed E-state index contributed by atoms with van der Waals surface area (Å²) in [7, 11) is 0. The molecule has 228 valence electrons. The van der Waals surface area contributed by atoms with Gasteiger partial charge in [0.05, 0.1) is 44.6 Å². The molecule has 0 spiro atoms. The average Bonchev–Trinajstić information content (AvgIpc) is 3.39. The summed E-state index contributed by atoms with van der Waals surface area (Å²) in [5.41, 5.74) is 0.449. The predicted molar refractivity (Wildman–Crippen MR) is 121 cm³/mol. The molecule has 1 aromatic heterocycles. The van der Waals surface area contributed by atoms with Gasteiger partial charge < -0.3 is 39.4 Å². The Morgan fingerprint density at radius 3 is 2.22 bits per heavy atom. The number of aliphatic hydroxyl groups is 3. The van der Waals surface area contributed by atoms with Crippen molar-refractivity contribution in [3.05, 3.63) is 41.0 Å². The molecule has 13 nitrogen and oxygen atoms in total. The molecule has 0 saturated carbocycles. The van der Waals surface area contributed by atoms with E-state index in [-0.39, 0.29) is 45.6 Å². The first-order valence-corrected chi connectivity index (χ1v) is 12.1. The van der Waals surface area contributed by atoms with E-state index in [0.29, 0.717) is 5.69 Å². The Balaban J connectivity index is 1.36. The second-order valence-corrected chi connectivity index (χ2v) is 8.78. The molecule has 1 fully saturated rings. The monoisotopic (exact) mass is 599 g/mol. The van der Waals surface area contributed by atoms with E-state index in [2.05, 4.69) is 15.0 Å². The van der Waals surface area contributed by atoms with E-state index in [1.54, 1.807) is 0 Å². The van der Waals surface area contributed by atoms with E-state index in [1.165, 1.54) is 10.9 Å². The second-order valence-electron chi connectivity index (χ2n) is 8.78. The summed E-state index contributed by atoms with van der Waals surface area (Å²) in [5.74, 6) is -15.6. The third kappa shape index (κ3) is 8.37. The van der Waals surface area contributed by atoms with Crippen LogP contribution in [0.25, 0.3) is 0 Å². The molecule has 0 aliphatic carbocycles. The highest BCUT2D eigenvalue weighted by molar-refractivity contribution is 5.72. The van der Waals surface area contributed by atoms with Crippen LogP contribution in [-0.4, -0.2) is 97.9 Å². The quantitative estimate of drug-likeness (QED) is 0.0580. The molecular formula is C23H26F5N3O10. The first kappa shape index (κ1) is 32.2. The van der Waals surface area contributed by atoms with Gasteiger partial charge in [0.2, 0.25) is 34.8 Å². The molecule has 3 rings (SSSR count). The number of rotatable bonds is 14. The lowest BCUT2D eigenvalue weighted by atomic mass is 9.96. The second kappa shape index (κ2) is 14.6. The van der Waals surface area contributed by atoms with Gasteiger partial charge in [-0.1, -0.05) is 5.21 Å². The maximum atomic E-state index is 13.6. The third-order valence-electron chi connectivity index (χ3n) is 5.84. The van der Waals surface area contributed by atoms with Gasteiger partial charge in [-0.15, -0.1) is 5.10 Å². The Labute approximate surface area is 228 Å². The lowest BCUT2D eigenvalue weighted by Crippen LogP contribution is -2.58. The molecular weight excluding hydrogens is 573 g/mol. The number of hydrogen-bond donors (Lipinski definition) is 4. The van der Waals surface area contributed by atoms with Crippen molar-refractivity contribution < 1.29 is 70.9 Å². The lowest BCUT2D eigenvalue weighted by Gasteiger charge is -2.40. The Kier molecular flexibility index (Phi) is 11.4. The third-order valence-corrected chi connectivity index (χ3v) is 5.84. The van der Waals surface area contributed by atoms with E-state index in [0.717, 1.165) is 0 Å². The molecule has 4 N–H and O–H groups in total. The van der Waals surface area contributed by atoms with Crippen LogP contribution in [0.3, 0.4) is 0 Å². The lowest BCUT2D eigenvalue weighted by molar-refractivity contribution is -0.297. The fourth-order valence-electron chi connectivity index (χ4n) is 3.66. The highest BCUT2D eigenvalue weighted by atomic mass is 19.2. The van der Waals surface area contributed by atoms with Gasteiger partial charge in [0.1, 0.15) is 18.3 Å². The number of carbonyl (C=O) groups excluding carboxylic acids is 1. The molecule has 0 bridgehead atoms. The number of aliphatic hydroxyl groups excluding tert-OH is 3. The van der Waals surface area contributed by atoms with Crippen molar-refractivity contribution in [1.82, 2.24) is 15.0 Å². The van der Waals surface area contributed by atoms with Crippen LogP contribution in [0, 0.1) is 29.1 Å². The maximum Gasteiger partial charge on any atom is 0.313 e. The minimum absolute atomic E-state index is 0.00480. The van der Waals surface area contributed by atoms with Gasteiger partial charge in [-0.25, -0.2) is 17.9 Å². The van der Waals surface area contributed by atoms with Crippen LogP contribution in [0.5, 0.6) is 5.75 Å². The number of carbonyl (C=O) groups is 2. The summed E-state index contributed by atoms with van der Waals surface area (Å²) in [6.45, 7) is -0.201. The van der Waals surface area contributed by atoms with E-state index in [9.17, 15) is 46.9 Å². The molecule has 2 heterocycles. The van der Waals surface area contributed by atoms with Gasteiger partial charge in [0, 0.05) is 19.0 Å². The van der Waals surface area contributed by atoms with Crippen LogP contribution in [0.4, 0.5) is 22.0 Å². The molecule has 0 radical (unpaired) electrons. The van der Waals surface area contributed by atoms with Crippen LogP contribution in [0.2, 0.25) is 0 Å². The van der Waals surface area contributed by atoms with Crippen molar-refractivity contribution in [3.63, 3.8) is 0 Å². The Morgan fingerprint density at radius 1 is 0.902 bits per heavy atom. The fraction of sp³-hybridized carbons (Fsp3) is 0.565. The van der Waals surface area contributed by atoms with Crippen molar-refractivity contribution in [2.24, 2.45) is 0 Å². The Hall–Kier alpha value is -3.29. The molecule has 1 aromatic carbocycles. The van der Waals surface area contributed by atoms with Crippen molar-refractivity contribution in [3.8, 4) is 5.75 Å². The number of benzene rings is 1. The highest BCUT2D eigenvalue weighted by Crippen LogP contribution is 2.29. The van der Waals surface area contributed by atoms with Gasteiger partial charge in [-0.05, 0) is 6.42 Å². The number of ether oxygens (including phenoxy) is 4. The Morgan fingerprint density at radius 2 is 1.56 bits per heavy atom. The van der Waals surface area contributed by atoms with Crippen LogP contribution >= 0.6 is 0 Å². The van der Waals surface area contributed by atoms with Gasteiger partial charge in [0.25, 0.3) is 0 Å². The summed E-state index contributed by atoms with van der Waals surface area (Å²) in [4.78, 5) is 22.5. The summed E-state index contributed by atoms with van der Waals surface area (Å²) in [6.07, 6.45) is -6.34.